The molecule has 0 saturated carbocycles. The summed E-state index contributed by atoms with van der Waals surface area (Å²) < 4.78 is 9.58. The van der Waals surface area contributed by atoms with Crippen LogP contribution in [0.3, 0.4) is 0 Å². The molecule has 0 amide bonds. The van der Waals surface area contributed by atoms with Gasteiger partial charge in [-0.15, -0.1) is 0 Å². The molecule has 0 fully saturated rings. The Balaban J connectivity index is 4.73. The van der Waals surface area contributed by atoms with Gasteiger partial charge in [0.2, 0.25) is 0 Å². The zero-order valence-corrected chi connectivity index (χ0v) is 9.81. The fourth-order valence-electron chi connectivity index (χ4n) is 0.956. The molecule has 0 aliphatic heterocycles. The molecule has 0 radical (unpaired) electrons. The fourth-order valence-corrected chi connectivity index (χ4v) is 0.956. The predicted octanol–water partition coefficient (Wildman–Crippen LogP) is 0.341. The Labute approximate surface area is 100.0 Å². The van der Waals surface area contributed by atoms with Crippen LogP contribution in [0.15, 0.2) is 25.3 Å². The Kier molecular flexibility index (Phi) is 6.85. The first-order valence-electron chi connectivity index (χ1n) is 4.90. The first kappa shape index (κ1) is 15.3. The zero-order chi connectivity index (χ0) is 13.3. The molecule has 0 aliphatic carbocycles. The third kappa shape index (κ3) is 4.38. The maximum Gasteiger partial charge on any atom is 0.326 e. The van der Waals surface area contributed by atoms with Gasteiger partial charge >= 0.3 is 11.9 Å². The van der Waals surface area contributed by atoms with E-state index in [1.807, 2.05) is 0 Å². The average Bonchev–Trinajstić information content (AvgIpc) is 2.32. The Morgan fingerprint density at radius 2 is 1.59 bits per heavy atom. The van der Waals surface area contributed by atoms with Crippen molar-refractivity contribution in [3.05, 3.63) is 25.3 Å². The van der Waals surface area contributed by atoms with Gasteiger partial charge in [-0.25, -0.2) is 5.90 Å². The number of hydrogen-bond donors (Lipinski definition) is 1. The van der Waals surface area contributed by atoms with Gasteiger partial charge < -0.3 is 14.3 Å². The number of carbonyl (C=O) groups is 2. The van der Waals surface area contributed by atoms with Crippen molar-refractivity contribution in [2.75, 3.05) is 19.8 Å². The summed E-state index contributed by atoms with van der Waals surface area (Å²) in [5.74, 6) is 3.33. The number of hydrogen-bond acceptors (Lipinski definition) is 6. The molecule has 0 unspecified atom stereocenters. The van der Waals surface area contributed by atoms with Crippen molar-refractivity contribution in [3.8, 4) is 0 Å². The lowest BCUT2D eigenvalue weighted by atomic mass is 9.92. The fraction of sp³-hybridized carbons (Fsp3) is 0.455. The summed E-state index contributed by atoms with van der Waals surface area (Å²) in [5, 5.41) is 0. The Morgan fingerprint density at radius 1 is 1.18 bits per heavy atom. The molecule has 0 spiro atoms. The molecule has 0 aromatic carbocycles. The molecule has 6 nitrogen and oxygen atoms in total. The molecule has 0 aromatic rings. The topological polar surface area (TPSA) is 87.9 Å². The van der Waals surface area contributed by atoms with Gasteiger partial charge in [0, 0.05) is 0 Å². The third-order valence-corrected chi connectivity index (χ3v) is 1.94. The van der Waals surface area contributed by atoms with Gasteiger partial charge in [-0.3, -0.25) is 9.59 Å². The van der Waals surface area contributed by atoms with Crippen LogP contribution in [0.1, 0.15) is 6.92 Å². The quantitative estimate of drug-likeness (QED) is 0.286. The van der Waals surface area contributed by atoms with E-state index < -0.39 is 17.4 Å². The van der Waals surface area contributed by atoms with E-state index in [9.17, 15) is 9.59 Å². The first-order chi connectivity index (χ1) is 8.02. The summed E-state index contributed by atoms with van der Waals surface area (Å²) >= 11 is 0. The van der Waals surface area contributed by atoms with Crippen molar-refractivity contribution in [2.45, 2.75) is 6.92 Å². The highest BCUT2D eigenvalue weighted by Gasteiger charge is 2.45. The van der Waals surface area contributed by atoms with Crippen LogP contribution >= 0.6 is 0 Å². The average molecular weight is 243 g/mol. The largest absolute Gasteiger partial charge is 0.461 e. The Hall–Kier alpha value is -1.66. The van der Waals surface area contributed by atoms with E-state index in [1.54, 1.807) is 0 Å². The molecule has 17 heavy (non-hydrogen) atoms. The highest BCUT2D eigenvalue weighted by molar-refractivity contribution is 5.99. The van der Waals surface area contributed by atoms with Gasteiger partial charge in [-0.05, 0) is 6.92 Å². The summed E-state index contributed by atoms with van der Waals surface area (Å²) in [6.07, 6.45) is 2.77. The van der Waals surface area contributed by atoms with Gasteiger partial charge in [0.15, 0.2) is 5.41 Å². The van der Waals surface area contributed by atoms with Crippen LogP contribution in [0.5, 0.6) is 0 Å². The van der Waals surface area contributed by atoms with E-state index in [2.05, 4.69) is 18.0 Å². The summed E-state index contributed by atoms with van der Waals surface area (Å²) in [7, 11) is 0. The van der Waals surface area contributed by atoms with Crippen molar-refractivity contribution in [3.63, 3.8) is 0 Å². The van der Waals surface area contributed by atoms with E-state index >= 15 is 0 Å². The minimum absolute atomic E-state index is 0.00622. The molecule has 2 N–H and O–H groups in total. The zero-order valence-electron chi connectivity index (χ0n) is 9.81. The second kappa shape index (κ2) is 7.59. The monoisotopic (exact) mass is 243 g/mol. The number of carbonyl (C=O) groups excluding carboxylic acids is 2. The molecule has 0 atom stereocenters. The number of nitrogens with two attached hydrogens (primary N) is 1. The normalized spacial score (nSPS) is 10.5. The lowest BCUT2D eigenvalue weighted by Gasteiger charge is -2.23. The van der Waals surface area contributed by atoms with Crippen LogP contribution < -0.4 is 5.90 Å². The van der Waals surface area contributed by atoms with Gasteiger partial charge in [-0.2, -0.15) is 0 Å². The Bertz CT molecular complexity index is 276. The molecule has 0 saturated heterocycles. The number of esters is 2. The van der Waals surface area contributed by atoms with Crippen LogP contribution in [0.4, 0.5) is 0 Å². The minimum atomic E-state index is -1.60. The van der Waals surface area contributed by atoms with Crippen molar-refractivity contribution in [1.82, 2.24) is 0 Å². The second-order valence-corrected chi connectivity index (χ2v) is 3.42. The van der Waals surface area contributed by atoms with Crippen LogP contribution in [-0.2, 0) is 23.9 Å². The van der Waals surface area contributed by atoms with Crippen molar-refractivity contribution in [1.29, 1.82) is 0 Å². The predicted molar refractivity (Wildman–Crippen MR) is 60.6 cm³/mol. The van der Waals surface area contributed by atoms with Gasteiger partial charge in [0.1, 0.15) is 13.2 Å². The molecule has 96 valence electrons. The lowest BCUT2D eigenvalue weighted by Crippen LogP contribution is -2.44. The highest BCUT2D eigenvalue weighted by atomic mass is 16.6. The van der Waals surface area contributed by atoms with Crippen LogP contribution in [0.25, 0.3) is 0 Å². The summed E-state index contributed by atoms with van der Waals surface area (Å²) in [6, 6.07) is 0. The standard InChI is InChI=1S/C11H17NO5/c1-4-6-15-9(13)11(3,8-17-12)10(14)16-7-5-2/h4-5H,1-2,6-8,12H2,3H3. The molecule has 0 aliphatic rings. The third-order valence-electron chi connectivity index (χ3n) is 1.94. The summed E-state index contributed by atoms with van der Waals surface area (Å²) in [4.78, 5) is 27.7. The Morgan fingerprint density at radius 3 is 1.88 bits per heavy atom. The lowest BCUT2D eigenvalue weighted by molar-refractivity contribution is -0.174. The molecule has 0 heterocycles. The van der Waals surface area contributed by atoms with E-state index in [4.69, 9.17) is 15.4 Å². The van der Waals surface area contributed by atoms with E-state index in [0.717, 1.165) is 0 Å². The molecule has 0 rings (SSSR count). The van der Waals surface area contributed by atoms with Gasteiger partial charge in [-0.1, -0.05) is 25.3 Å². The van der Waals surface area contributed by atoms with Gasteiger partial charge in [0.25, 0.3) is 0 Å². The maximum absolute atomic E-state index is 11.7. The van der Waals surface area contributed by atoms with Crippen molar-refractivity contribution < 1.29 is 23.9 Å². The summed E-state index contributed by atoms with van der Waals surface area (Å²) in [6.45, 7) is 7.77. The molecular formula is C11H17NO5. The number of ether oxygens (including phenoxy) is 2. The van der Waals surface area contributed by atoms with Crippen LogP contribution in [0.2, 0.25) is 0 Å². The van der Waals surface area contributed by atoms with Crippen LogP contribution in [-0.4, -0.2) is 31.8 Å². The molecule has 0 bridgehead atoms. The second-order valence-electron chi connectivity index (χ2n) is 3.42. The smallest absolute Gasteiger partial charge is 0.326 e. The minimum Gasteiger partial charge on any atom is -0.461 e. The van der Waals surface area contributed by atoms with Crippen molar-refractivity contribution >= 4 is 11.9 Å². The molecule has 6 heteroatoms. The van der Waals surface area contributed by atoms with E-state index in [1.165, 1.54) is 19.1 Å². The first-order valence-corrected chi connectivity index (χ1v) is 4.90. The van der Waals surface area contributed by atoms with E-state index in [-0.39, 0.29) is 19.8 Å². The summed E-state index contributed by atoms with van der Waals surface area (Å²) in [5.41, 5.74) is -1.60. The maximum atomic E-state index is 11.7. The number of rotatable bonds is 8. The van der Waals surface area contributed by atoms with Crippen LogP contribution in [0, 0.1) is 5.41 Å². The SMILES string of the molecule is C=CCOC(=O)C(C)(CON)C(=O)OCC=C. The van der Waals surface area contributed by atoms with Crippen molar-refractivity contribution in [2.24, 2.45) is 11.3 Å². The van der Waals surface area contributed by atoms with Gasteiger partial charge in [0.05, 0.1) is 6.61 Å². The molecule has 0 aromatic heterocycles. The molecular weight excluding hydrogens is 226 g/mol. The van der Waals surface area contributed by atoms with E-state index in [0.29, 0.717) is 0 Å². The highest BCUT2D eigenvalue weighted by Crippen LogP contribution is 2.21.